The van der Waals surface area contributed by atoms with Crippen LogP contribution in [0.25, 0.3) is 10.2 Å². The predicted octanol–water partition coefficient (Wildman–Crippen LogP) is 2.93. The summed E-state index contributed by atoms with van der Waals surface area (Å²) in [7, 11) is 0. The summed E-state index contributed by atoms with van der Waals surface area (Å²) in [6.07, 6.45) is 1.38. The lowest BCUT2D eigenvalue weighted by Gasteiger charge is -1.98. The summed E-state index contributed by atoms with van der Waals surface area (Å²) in [5.41, 5.74) is 1.09. The zero-order valence-corrected chi connectivity index (χ0v) is 10.5. The lowest BCUT2D eigenvalue weighted by molar-refractivity contribution is 0.102. The number of anilines is 1. The van der Waals surface area contributed by atoms with Gasteiger partial charge in [0.1, 0.15) is 5.69 Å². The lowest BCUT2D eigenvalue weighted by atomic mass is 10.3. The molecule has 2 aromatic heterocycles. The number of halogens is 1. The van der Waals surface area contributed by atoms with Crippen LogP contribution in [0, 0.1) is 0 Å². The second kappa shape index (κ2) is 4.40. The van der Waals surface area contributed by atoms with Gasteiger partial charge in [-0.15, -0.1) is 0 Å². The maximum Gasteiger partial charge on any atom is 0.277 e. The number of fused-ring (bicyclic) bond motifs is 1. The number of benzene rings is 1. The van der Waals surface area contributed by atoms with Gasteiger partial charge in [0, 0.05) is 0 Å². The minimum absolute atomic E-state index is 0.232. The third-order valence-electron chi connectivity index (χ3n) is 2.33. The highest BCUT2D eigenvalue weighted by atomic mass is 35.5. The Labute approximate surface area is 111 Å². The van der Waals surface area contributed by atoms with Gasteiger partial charge in [-0.05, 0) is 12.1 Å². The van der Waals surface area contributed by atoms with E-state index in [1.807, 2.05) is 24.3 Å². The van der Waals surface area contributed by atoms with Crippen LogP contribution in [-0.4, -0.2) is 21.1 Å². The van der Waals surface area contributed by atoms with Crippen molar-refractivity contribution in [2.45, 2.75) is 0 Å². The zero-order chi connectivity index (χ0) is 12.5. The number of nitrogens with zero attached hydrogens (tertiary/aromatic N) is 2. The Morgan fingerprint density at radius 2 is 2.22 bits per heavy atom. The van der Waals surface area contributed by atoms with Gasteiger partial charge in [-0.25, -0.2) is 4.98 Å². The van der Waals surface area contributed by atoms with Crippen molar-refractivity contribution >= 4 is 44.2 Å². The SMILES string of the molecule is O=C(Nc1nc2ccccc2s1)c1[nH]ncc1Cl. The quantitative estimate of drug-likeness (QED) is 0.757. The summed E-state index contributed by atoms with van der Waals surface area (Å²) in [4.78, 5) is 16.2. The molecule has 0 saturated carbocycles. The fourth-order valence-electron chi connectivity index (χ4n) is 1.52. The summed E-state index contributed by atoms with van der Waals surface area (Å²) in [6.45, 7) is 0. The molecule has 2 heterocycles. The number of aromatic amines is 1. The summed E-state index contributed by atoms with van der Waals surface area (Å²) in [6, 6.07) is 7.67. The summed E-state index contributed by atoms with van der Waals surface area (Å²) in [5.74, 6) is -0.350. The van der Waals surface area contributed by atoms with E-state index in [9.17, 15) is 4.79 Å². The van der Waals surface area contributed by atoms with Crippen molar-refractivity contribution in [3.05, 3.63) is 41.2 Å². The Balaban J connectivity index is 1.88. The number of rotatable bonds is 2. The Morgan fingerprint density at radius 1 is 1.39 bits per heavy atom. The molecular formula is C11H7ClN4OS. The van der Waals surface area contributed by atoms with E-state index < -0.39 is 0 Å². The summed E-state index contributed by atoms with van der Waals surface area (Å²) in [5, 5.41) is 9.74. The molecule has 0 unspecified atom stereocenters. The van der Waals surface area contributed by atoms with Gasteiger partial charge in [0.15, 0.2) is 5.13 Å². The monoisotopic (exact) mass is 278 g/mol. The second-order valence-corrected chi connectivity index (χ2v) is 4.97. The summed E-state index contributed by atoms with van der Waals surface area (Å²) < 4.78 is 1.02. The first-order valence-corrected chi connectivity index (χ1v) is 6.29. The van der Waals surface area contributed by atoms with Gasteiger partial charge in [0.25, 0.3) is 5.91 Å². The Hall–Kier alpha value is -1.92. The highest BCUT2D eigenvalue weighted by molar-refractivity contribution is 7.22. The summed E-state index contributed by atoms with van der Waals surface area (Å²) >= 11 is 7.22. The van der Waals surface area contributed by atoms with Gasteiger partial charge >= 0.3 is 0 Å². The third-order valence-corrected chi connectivity index (χ3v) is 3.57. The van der Waals surface area contributed by atoms with Gasteiger partial charge in [-0.1, -0.05) is 35.1 Å². The van der Waals surface area contributed by atoms with Crippen molar-refractivity contribution in [2.24, 2.45) is 0 Å². The van der Waals surface area contributed by atoms with E-state index in [-0.39, 0.29) is 16.6 Å². The van der Waals surface area contributed by atoms with E-state index in [0.717, 1.165) is 10.2 Å². The van der Waals surface area contributed by atoms with Crippen LogP contribution < -0.4 is 5.32 Å². The van der Waals surface area contributed by atoms with E-state index in [4.69, 9.17) is 11.6 Å². The molecule has 5 nitrogen and oxygen atoms in total. The normalized spacial score (nSPS) is 10.7. The fraction of sp³-hybridized carbons (Fsp3) is 0. The lowest BCUT2D eigenvalue weighted by Crippen LogP contribution is -2.12. The largest absolute Gasteiger partial charge is 0.296 e. The van der Waals surface area contributed by atoms with Crippen molar-refractivity contribution in [3.63, 3.8) is 0 Å². The molecule has 0 bridgehead atoms. The number of nitrogens with one attached hydrogen (secondary N) is 2. The highest BCUT2D eigenvalue weighted by Crippen LogP contribution is 2.26. The molecule has 0 aliphatic carbocycles. The molecule has 1 amide bonds. The van der Waals surface area contributed by atoms with Crippen LogP contribution in [-0.2, 0) is 0 Å². The molecule has 0 spiro atoms. The molecule has 3 aromatic rings. The highest BCUT2D eigenvalue weighted by Gasteiger charge is 2.14. The van der Waals surface area contributed by atoms with Gasteiger partial charge in [0.05, 0.1) is 21.4 Å². The first kappa shape index (κ1) is 11.2. The topological polar surface area (TPSA) is 70.7 Å². The molecule has 0 fully saturated rings. The van der Waals surface area contributed by atoms with E-state index in [1.54, 1.807) is 0 Å². The van der Waals surface area contributed by atoms with Crippen LogP contribution in [0.1, 0.15) is 10.5 Å². The van der Waals surface area contributed by atoms with Crippen LogP contribution in [0.5, 0.6) is 0 Å². The maximum atomic E-state index is 11.9. The van der Waals surface area contributed by atoms with Crippen molar-refractivity contribution in [1.82, 2.24) is 15.2 Å². The van der Waals surface area contributed by atoms with E-state index in [1.165, 1.54) is 17.5 Å². The number of thiazole rings is 1. The average Bonchev–Trinajstić information content (AvgIpc) is 2.94. The van der Waals surface area contributed by atoms with Gasteiger partial charge < -0.3 is 0 Å². The molecule has 0 saturated heterocycles. The van der Waals surface area contributed by atoms with Crippen LogP contribution >= 0.6 is 22.9 Å². The van der Waals surface area contributed by atoms with Gasteiger partial charge in [-0.2, -0.15) is 5.10 Å². The molecule has 0 aliphatic rings. The first-order valence-electron chi connectivity index (χ1n) is 5.10. The van der Waals surface area contributed by atoms with Crippen molar-refractivity contribution in [2.75, 3.05) is 5.32 Å². The van der Waals surface area contributed by atoms with Crippen molar-refractivity contribution < 1.29 is 4.79 Å². The van der Waals surface area contributed by atoms with Crippen LogP contribution in [0.4, 0.5) is 5.13 Å². The Bertz CT molecular complexity index is 687. The number of H-pyrrole nitrogens is 1. The molecule has 7 heteroatoms. The van der Waals surface area contributed by atoms with E-state index in [0.29, 0.717) is 5.13 Å². The zero-order valence-electron chi connectivity index (χ0n) is 8.98. The second-order valence-electron chi connectivity index (χ2n) is 3.53. The molecule has 90 valence electrons. The number of amides is 1. The predicted molar refractivity (Wildman–Crippen MR) is 71.2 cm³/mol. The first-order chi connectivity index (χ1) is 8.74. The standard InChI is InChI=1S/C11H7ClN4OS/c12-6-5-13-16-9(6)10(17)15-11-14-7-3-1-2-4-8(7)18-11/h1-5H,(H,13,16)(H,14,15,17). The van der Waals surface area contributed by atoms with Crippen molar-refractivity contribution in [3.8, 4) is 0 Å². The minimum atomic E-state index is -0.350. The smallest absolute Gasteiger partial charge is 0.277 e. The average molecular weight is 279 g/mol. The number of carbonyl (C=O) groups excluding carboxylic acids is 1. The number of hydrogen-bond acceptors (Lipinski definition) is 4. The van der Waals surface area contributed by atoms with Gasteiger partial charge in [0.2, 0.25) is 0 Å². The molecular weight excluding hydrogens is 272 g/mol. The molecule has 1 aromatic carbocycles. The van der Waals surface area contributed by atoms with Crippen LogP contribution in [0.15, 0.2) is 30.5 Å². The molecule has 3 rings (SSSR count). The number of aromatic nitrogens is 3. The fourth-order valence-corrected chi connectivity index (χ4v) is 2.55. The molecule has 0 atom stereocenters. The molecule has 0 radical (unpaired) electrons. The Kier molecular flexibility index (Phi) is 2.73. The number of carbonyl (C=O) groups is 1. The van der Waals surface area contributed by atoms with Crippen LogP contribution in [0.3, 0.4) is 0 Å². The number of hydrogen-bond donors (Lipinski definition) is 2. The van der Waals surface area contributed by atoms with Crippen LogP contribution in [0.2, 0.25) is 5.02 Å². The van der Waals surface area contributed by atoms with E-state index in [2.05, 4.69) is 20.5 Å². The molecule has 0 aliphatic heterocycles. The third kappa shape index (κ3) is 1.96. The maximum absolute atomic E-state index is 11.9. The van der Waals surface area contributed by atoms with Gasteiger partial charge in [-0.3, -0.25) is 15.2 Å². The molecule has 18 heavy (non-hydrogen) atoms. The molecule has 2 N–H and O–H groups in total. The van der Waals surface area contributed by atoms with Crippen molar-refractivity contribution in [1.29, 1.82) is 0 Å². The van der Waals surface area contributed by atoms with E-state index >= 15 is 0 Å². The minimum Gasteiger partial charge on any atom is -0.296 e. The Morgan fingerprint density at radius 3 is 2.94 bits per heavy atom. The number of para-hydroxylation sites is 1.